The maximum atomic E-state index is 6.42. The van der Waals surface area contributed by atoms with Gasteiger partial charge in [0.1, 0.15) is 17.9 Å². The molecule has 2 aromatic heterocycles. The standard InChI is InChI=1S/C26H34N6O/c1-4-33-16-22-31-23-24(32(22)17-26(2,3)29-13-12-27)20-11-10-19(15-21(20)30-25(23)28)14-18-8-6-5-7-9-18/h5-11,15,29H,4,12-14,16-17,27H2,1-3H3,(H2,28,30). The molecule has 0 atom stereocenters. The van der Waals surface area contributed by atoms with Crippen molar-refractivity contribution in [3.8, 4) is 0 Å². The SMILES string of the molecule is CCOCc1nc2c(N)nc3cc(Cc4ccccc4)ccc3c2n1CC(C)(C)NCCN. The van der Waals surface area contributed by atoms with Gasteiger partial charge in [0.15, 0.2) is 5.82 Å². The number of nitrogens with one attached hydrogen (secondary N) is 1. The average Bonchev–Trinajstić information content (AvgIpc) is 3.15. The van der Waals surface area contributed by atoms with Crippen LogP contribution in [0.1, 0.15) is 37.7 Å². The van der Waals surface area contributed by atoms with Crippen molar-refractivity contribution in [1.29, 1.82) is 0 Å². The Labute approximate surface area is 195 Å². The molecule has 0 spiro atoms. The van der Waals surface area contributed by atoms with Gasteiger partial charge < -0.3 is 26.1 Å². The molecule has 0 saturated carbocycles. The van der Waals surface area contributed by atoms with Gasteiger partial charge in [0, 0.05) is 37.2 Å². The number of benzene rings is 2. The number of hydrogen-bond donors (Lipinski definition) is 3. The summed E-state index contributed by atoms with van der Waals surface area (Å²) in [5.41, 5.74) is 17.0. The van der Waals surface area contributed by atoms with E-state index in [4.69, 9.17) is 26.2 Å². The van der Waals surface area contributed by atoms with Gasteiger partial charge in [0.05, 0.1) is 11.0 Å². The normalized spacial score (nSPS) is 12.1. The third-order valence-corrected chi connectivity index (χ3v) is 5.84. The number of nitrogens with zero attached hydrogens (tertiary/aromatic N) is 3. The molecule has 0 aliphatic carbocycles. The molecule has 0 bridgehead atoms. The molecule has 5 N–H and O–H groups in total. The highest BCUT2D eigenvalue weighted by Gasteiger charge is 2.24. The Morgan fingerprint density at radius 3 is 2.58 bits per heavy atom. The second kappa shape index (κ2) is 9.87. The summed E-state index contributed by atoms with van der Waals surface area (Å²) < 4.78 is 7.97. The van der Waals surface area contributed by atoms with Gasteiger partial charge in [0.2, 0.25) is 0 Å². The number of nitrogens with two attached hydrogens (primary N) is 2. The van der Waals surface area contributed by atoms with Gasteiger partial charge >= 0.3 is 0 Å². The van der Waals surface area contributed by atoms with Crippen LogP contribution in [0.3, 0.4) is 0 Å². The molecule has 4 rings (SSSR count). The summed E-state index contributed by atoms with van der Waals surface area (Å²) in [4.78, 5) is 9.57. The van der Waals surface area contributed by atoms with Crippen molar-refractivity contribution < 1.29 is 4.74 Å². The molecule has 0 saturated heterocycles. The molecule has 0 amide bonds. The van der Waals surface area contributed by atoms with Gasteiger partial charge in [-0.3, -0.25) is 0 Å². The van der Waals surface area contributed by atoms with Gasteiger partial charge in [0.25, 0.3) is 0 Å². The number of aromatic nitrogens is 3. The number of rotatable bonds is 10. The molecule has 0 aliphatic rings. The first kappa shape index (κ1) is 23.2. The van der Waals surface area contributed by atoms with Crippen molar-refractivity contribution in [2.75, 3.05) is 25.4 Å². The Balaban J connectivity index is 1.83. The van der Waals surface area contributed by atoms with Crippen LogP contribution in [0.25, 0.3) is 21.9 Å². The fourth-order valence-electron chi connectivity index (χ4n) is 4.28. The van der Waals surface area contributed by atoms with E-state index in [1.54, 1.807) is 0 Å². The van der Waals surface area contributed by atoms with Crippen LogP contribution in [0.15, 0.2) is 48.5 Å². The molecule has 174 valence electrons. The van der Waals surface area contributed by atoms with Crippen LogP contribution < -0.4 is 16.8 Å². The maximum absolute atomic E-state index is 6.42. The van der Waals surface area contributed by atoms with Gasteiger partial charge in [-0.25, -0.2) is 9.97 Å². The number of pyridine rings is 1. The summed E-state index contributed by atoms with van der Waals surface area (Å²) in [6, 6.07) is 16.9. The molecule has 2 aromatic carbocycles. The van der Waals surface area contributed by atoms with Crippen molar-refractivity contribution in [3.63, 3.8) is 0 Å². The predicted octanol–water partition coefficient (Wildman–Crippen LogP) is 3.62. The molecule has 2 heterocycles. The minimum atomic E-state index is -0.189. The van der Waals surface area contributed by atoms with Crippen LogP contribution in [0.5, 0.6) is 0 Å². The van der Waals surface area contributed by atoms with Crippen molar-refractivity contribution >= 4 is 27.8 Å². The molecule has 0 radical (unpaired) electrons. The van der Waals surface area contributed by atoms with E-state index in [-0.39, 0.29) is 5.54 Å². The lowest BCUT2D eigenvalue weighted by Crippen LogP contribution is -2.45. The highest BCUT2D eigenvalue weighted by Crippen LogP contribution is 2.31. The smallest absolute Gasteiger partial charge is 0.152 e. The van der Waals surface area contributed by atoms with E-state index in [9.17, 15) is 0 Å². The Morgan fingerprint density at radius 2 is 1.85 bits per heavy atom. The molecule has 7 heteroatoms. The first-order chi connectivity index (χ1) is 15.9. The fraction of sp³-hybridized carbons (Fsp3) is 0.385. The Kier molecular flexibility index (Phi) is 6.93. The Morgan fingerprint density at radius 1 is 1.06 bits per heavy atom. The number of hydrogen-bond acceptors (Lipinski definition) is 6. The van der Waals surface area contributed by atoms with Crippen LogP contribution >= 0.6 is 0 Å². The molecule has 0 aliphatic heterocycles. The molecule has 0 fully saturated rings. The first-order valence-electron chi connectivity index (χ1n) is 11.6. The number of nitrogen functional groups attached to an aromatic ring is 1. The fourth-order valence-corrected chi connectivity index (χ4v) is 4.28. The van der Waals surface area contributed by atoms with Gasteiger partial charge in [-0.1, -0.05) is 42.5 Å². The summed E-state index contributed by atoms with van der Waals surface area (Å²) in [5, 5.41) is 4.58. The lowest BCUT2D eigenvalue weighted by atomic mass is 10.0. The summed E-state index contributed by atoms with van der Waals surface area (Å²) >= 11 is 0. The van der Waals surface area contributed by atoms with Crippen LogP contribution in [0, 0.1) is 0 Å². The molecule has 7 nitrogen and oxygen atoms in total. The number of anilines is 1. The maximum Gasteiger partial charge on any atom is 0.152 e. The number of fused-ring (bicyclic) bond motifs is 3. The summed E-state index contributed by atoms with van der Waals surface area (Å²) in [6.45, 7) is 9.40. The lowest BCUT2D eigenvalue weighted by molar-refractivity contribution is 0.124. The van der Waals surface area contributed by atoms with E-state index in [0.29, 0.717) is 32.1 Å². The Hall–Kier alpha value is -3.00. The van der Waals surface area contributed by atoms with Gasteiger partial charge in [-0.2, -0.15) is 0 Å². The summed E-state index contributed by atoms with van der Waals surface area (Å²) in [7, 11) is 0. The Bertz CT molecular complexity index is 1230. The van der Waals surface area contributed by atoms with E-state index in [0.717, 1.165) is 40.7 Å². The topological polar surface area (TPSA) is 104 Å². The summed E-state index contributed by atoms with van der Waals surface area (Å²) in [5.74, 6) is 1.29. The zero-order chi connectivity index (χ0) is 23.4. The second-order valence-electron chi connectivity index (χ2n) is 9.06. The highest BCUT2D eigenvalue weighted by atomic mass is 16.5. The van der Waals surface area contributed by atoms with Crippen molar-refractivity contribution in [1.82, 2.24) is 19.9 Å². The van der Waals surface area contributed by atoms with E-state index in [1.807, 2.05) is 13.0 Å². The van der Waals surface area contributed by atoms with Crippen molar-refractivity contribution in [3.05, 3.63) is 65.5 Å². The van der Waals surface area contributed by atoms with E-state index in [1.165, 1.54) is 11.1 Å². The van der Waals surface area contributed by atoms with Crippen molar-refractivity contribution in [2.45, 2.75) is 45.9 Å². The highest BCUT2D eigenvalue weighted by molar-refractivity contribution is 6.06. The minimum Gasteiger partial charge on any atom is -0.382 e. The number of imidazole rings is 1. The zero-order valence-electron chi connectivity index (χ0n) is 19.8. The van der Waals surface area contributed by atoms with E-state index < -0.39 is 0 Å². The average molecular weight is 447 g/mol. The van der Waals surface area contributed by atoms with E-state index >= 15 is 0 Å². The number of ether oxygens (including phenoxy) is 1. The van der Waals surface area contributed by atoms with Crippen LogP contribution in [-0.2, 0) is 24.3 Å². The third-order valence-electron chi connectivity index (χ3n) is 5.84. The van der Waals surface area contributed by atoms with E-state index in [2.05, 4.69) is 66.2 Å². The van der Waals surface area contributed by atoms with Gasteiger partial charge in [-0.15, -0.1) is 0 Å². The second-order valence-corrected chi connectivity index (χ2v) is 9.06. The largest absolute Gasteiger partial charge is 0.382 e. The third kappa shape index (κ3) is 5.16. The monoisotopic (exact) mass is 446 g/mol. The molecule has 33 heavy (non-hydrogen) atoms. The summed E-state index contributed by atoms with van der Waals surface area (Å²) in [6.07, 6.45) is 0.849. The quantitative estimate of drug-likeness (QED) is 0.344. The molecular formula is C26H34N6O. The van der Waals surface area contributed by atoms with Crippen LogP contribution in [-0.4, -0.2) is 39.8 Å². The van der Waals surface area contributed by atoms with Gasteiger partial charge in [-0.05, 0) is 44.4 Å². The molecule has 0 unspecified atom stereocenters. The zero-order valence-corrected chi connectivity index (χ0v) is 19.8. The van der Waals surface area contributed by atoms with Crippen molar-refractivity contribution in [2.24, 2.45) is 5.73 Å². The minimum absolute atomic E-state index is 0.189. The molecular weight excluding hydrogens is 412 g/mol. The van der Waals surface area contributed by atoms with Crippen LogP contribution in [0.2, 0.25) is 0 Å². The first-order valence-corrected chi connectivity index (χ1v) is 11.6. The predicted molar refractivity (Wildman–Crippen MR) is 135 cm³/mol. The lowest BCUT2D eigenvalue weighted by Gasteiger charge is -2.28. The molecule has 4 aromatic rings. The van der Waals surface area contributed by atoms with Crippen LogP contribution in [0.4, 0.5) is 5.82 Å².